The zero-order valence-corrected chi connectivity index (χ0v) is 13.0. The van der Waals surface area contributed by atoms with Crippen molar-refractivity contribution >= 4 is 5.91 Å². The maximum Gasteiger partial charge on any atom is 0.248 e. The van der Waals surface area contributed by atoms with Crippen LogP contribution in [0.3, 0.4) is 0 Å². The Labute approximate surface area is 130 Å². The minimum atomic E-state index is -0.444. The number of hydrogen-bond donors (Lipinski definition) is 1. The molecule has 2 N–H and O–H groups in total. The summed E-state index contributed by atoms with van der Waals surface area (Å²) in [7, 11) is 1.68. The fourth-order valence-electron chi connectivity index (χ4n) is 2.36. The maximum absolute atomic E-state index is 11.0. The molecule has 0 radical (unpaired) electrons. The number of para-hydroxylation sites is 1. The third-order valence-corrected chi connectivity index (χ3v) is 3.43. The molecule has 0 aliphatic rings. The van der Waals surface area contributed by atoms with Crippen molar-refractivity contribution in [1.82, 2.24) is 0 Å². The number of methoxy groups -OCH3 is 1. The highest BCUT2D eigenvalue weighted by molar-refractivity contribution is 5.92. The summed E-state index contributed by atoms with van der Waals surface area (Å²) in [6.45, 7) is 2.56. The molecule has 0 fully saturated rings. The number of carbonyl (C=O) groups excluding carboxylic acids is 1. The highest BCUT2D eigenvalue weighted by Gasteiger charge is 2.09. The van der Waals surface area contributed by atoms with Crippen molar-refractivity contribution in [2.45, 2.75) is 26.4 Å². The van der Waals surface area contributed by atoms with E-state index >= 15 is 0 Å². The average Bonchev–Trinajstić information content (AvgIpc) is 2.53. The highest BCUT2D eigenvalue weighted by Crippen LogP contribution is 2.26. The van der Waals surface area contributed by atoms with Crippen molar-refractivity contribution in [3.05, 3.63) is 59.2 Å². The van der Waals surface area contributed by atoms with E-state index in [9.17, 15) is 4.79 Å². The van der Waals surface area contributed by atoms with Gasteiger partial charge in [-0.1, -0.05) is 31.5 Å². The molecule has 2 rings (SSSR count). The molecule has 116 valence electrons. The van der Waals surface area contributed by atoms with Gasteiger partial charge in [-0.05, 0) is 36.2 Å². The van der Waals surface area contributed by atoms with Crippen LogP contribution in [0.4, 0.5) is 0 Å². The number of rotatable bonds is 7. The van der Waals surface area contributed by atoms with Crippen LogP contribution >= 0.6 is 0 Å². The van der Waals surface area contributed by atoms with E-state index in [0.717, 1.165) is 24.2 Å². The van der Waals surface area contributed by atoms with Gasteiger partial charge < -0.3 is 15.2 Å². The first-order valence-corrected chi connectivity index (χ1v) is 7.33. The summed E-state index contributed by atoms with van der Waals surface area (Å²) in [4.78, 5) is 11.0. The highest BCUT2D eigenvalue weighted by atomic mass is 16.5. The molecule has 0 heterocycles. The van der Waals surface area contributed by atoms with Crippen molar-refractivity contribution in [2.24, 2.45) is 5.73 Å². The second-order valence-corrected chi connectivity index (χ2v) is 5.04. The topological polar surface area (TPSA) is 61.5 Å². The van der Waals surface area contributed by atoms with E-state index in [1.54, 1.807) is 31.4 Å². The molecule has 22 heavy (non-hydrogen) atoms. The molecule has 4 nitrogen and oxygen atoms in total. The van der Waals surface area contributed by atoms with Crippen LogP contribution in [0.1, 0.15) is 34.8 Å². The summed E-state index contributed by atoms with van der Waals surface area (Å²) in [5.41, 5.74) is 7.88. The number of nitrogens with two attached hydrogens (primary N) is 1. The number of ether oxygens (including phenoxy) is 2. The lowest BCUT2D eigenvalue weighted by Gasteiger charge is -2.14. The molecule has 0 atom stereocenters. The molecule has 4 heteroatoms. The number of hydrogen-bond acceptors (Lipinski definition) is 3. The van der Waals surface area contributed by atoms with E-state index in [1.807, 2.05) is 12.1 Å². The van der Waals surface area contributed by atoms with Crippen LogP contribution in [-0.2, 0) is 13.0 Å². The Bertz CT molecular complexity index is 635. The third kappa shape index (κ3) is 3.79. The van der Waals surface area contributed by atoms with Crippen molar-refractivity contribution in [3.8, 4) is 11.5 Å². The molecule has 2 aromatic carbocycles. The first kappa shape index (κ1) is 15.9. The van der Waals surface area contributed by atoms with Crippen LogP contribution in [0, 0.1) is 0 Å². The lowest BCUT2D eigenvalue weighted by atomic mass is 10.1. The fourth-order valence-corrected chi connectivity index (χ4v) is 2.36. The summed E-state index contributed by atoms with van der Waals surface area (Å²) in [5.74, 6) is 1.13. The normalized spacial score (nSPS) is 10.3. The minimum absolute atomic E-state index is 0.413. The van der Waals surface area contributed by atoms with Crippen LogP contribution in [-0.4, -0.2) is 13.0 Å². The minimum Gasteiger partial charge on any atom is -0.496 e. The van der Waals surface area contributed by atoms with Crippen molar-refractivity contribution < 1.29 is 14.3 Å². The van der Waals surface area contributed by atoms with Gasteiger partial charge in [0.25, 0.3) is 0 Å². The van der Waals surface area contributed by atoms with Crippen molar-refractivity contribution in [1.29, 1.82) is 0 Å². The van der Waals surface area contributed by atoms with Crippen molar-refractivity contribution in [2.75, 3.05) is 7.11 Å². The van der Waals surface area contributed by atoms with E-state index in [2.05, 4.69) is 13.0 Å². The van der Waals surface area contributed by atoms with Crippen LogP contribution in [0.15, 0.2) is 42.5 Å². The lowest BCUT2D eigenvalue weighted by Crippen LogP contribution is -2.10. The number of benzene rings is 2. The number of carbonyl (C=O) groups is 1. The first-order valence-electron chi connectivity index (χ1n) is 7.33. The van der Waals surface area contributed by atoms with Crippen LogP contribution < -0.4 is 15.2 Å². The first-order chi connectivity index (χ1) is 10.7. The van der Waals surface area contributed by atoms with Gasteiger partial charge in [-0.15, -0.1) is 0 Å². The predicted molar refractivity (Wildman–Crippen MR) is 86.3 cm³/mol. The van der Waals surface area contributed by atoms with Gasteiger partial charge in [0.1, 0.15) is 18.1 Å². The third-order valence-electron chi connectivity index (χ3n) is 3.43. The SMILES string of the molecule is CCCc1cccc(COc2ccc(C(N)=O)cc2)c1OC. The smallest absolute Gasteiger partial charge is 0.248 e. The predicted octanol–water partition coefficient (Wildman–Crippen LogP) is 3.33. The van der Waals surface area contributed by atoms with E-state index in [1.165, 1.54) is 5.56 Å². The molecule has 0 aliphatic heterocycles. The second-order valence-electron chi connectivity index (χ2n) is 5.04. The lowest BCUT2D eigenvalue weighted by molar-refractivity contribution is 0.100. The van der Waals surface area contributed by atoms with Gasteiger partial charge in [-0.2, -0.15) is 0 Å². The summed E-state index contributed by atoms with van der Waals surface area (Å²) in [6.07, 6.45) is 2.04. The van der Waals surface area contributed by atoms with Gasteiger partial charge in [0.2, 0.25) is 5.91 Å². The van der Waals surface area contributed by atoms with E-state index < -0.39 is 5.91 Å². The zero-order valence-electron chi connectivity index (χ0n) is 13.0. The van der Waals surface area contributed by atoms with Crippen LogP contribution in [0.5, 0.6) is 11.5 Å². The molecule has 0 aliphatic carbocycles. The molecule has 0 spiro atoms. The van der Waals surface area contributed by atoms with Crippen molar-refractivity contribution in [3.63, 3.8) is 0 Å². The molecule has 2 aromatic rings. The molecule has 0 aromatic heterocycles. The zero-order chi connectivity index (χ0) is 15.9. The molecule has 1 amide bonds. The molecule has 0 bridgehead atoms. The average molecular weight is 299 g/mol. The van der Waals surface area contributed by atoms with Crippen LogP contribution in [0.25, 0.3) is 0 Å². The Hall–Kier alpha value is -2.49. The van der Waals surface area contributed by atoms with E-state index in [-0.39, 0.29) is 0 Å². The Morgan fingerprint density at radius 1 is 1.09 bits per heavy atom. The Kier molecular flexibility index (Phi) is 5.42. The Balaban J connectivity index is 2.10. The molecular weight excluding hydrogens is 278 g/mol. The number of primary amides is 1. The van der Waals surface area contributed by atoms with Gasteiger partial charge in [-0.3, -0.25) is 4.79 Å². The summed E-state index contributed by atoms with van der Waals surface area (Å²) in [5, 5.41) is 0. The van der Waals surface area contributed by atoms with E-state index in [4.69, 9.17) is 15.2 Å². The van der Waals surface area contributed by atoms with Gasteiger partial charge in [0.15, 0.2) is 0 Å². The second kappa shape index (κ2) is 7.50. The van der Waals surface area contributed by atoms with Crippen LogP contribution in [0.2, 0.25) is 0 Å². The largest absolute Gasteiger partial charge is 0.496 e. The monoisotopic (exact) mass is 299 g/mol. The molecule has 0 unspecified atom stereocenters. The van der Waals surface area contributed by atoms with Gasteiger partial charge in [-0.25, -0.2) is 0 Å². The Morgan fingerprint density at radius 3 is 2.36 bits per heavy atom. The van der Waals surface area contributed by atoms with Gasteiger partial charge in [0.05, 0.1) is 7.11 Å². The molecule has 0 saturated heterocycles. The maximum atomic E-state index is 11.0. The molecule has 0 saturated carbocycles. The molecular formula is C18H21NO3. The fraction of sp³-hybridized carbons (Fsp3) is 0.278. The summed E-state index contributed by atoms with van der Waals surface area (Å²) < 4.78 is 11.3. The van der Waals surface area contributed by atoms with E-state index in [0.29, 0.717) is 17.9 Å². The standard InChI is InChI=1S/C18H21NO3/c1-3-5-13-6-4-7-15(17(13)21-2)12-22-16-10-8-14(9-11-16)18(19)20/h4,6-11H,3,5,12H2,1-2H3,(H2,19,20). The quantitative estimate of drug-likeness (QED) is 0.853. The number of aryl methyl sites for hydroxylation is 1. The summed E-state index contributed by atoms with van der Waals surface area (Å²) >= 11 is 0. The summed E-state index contributed by atoms with van der Waals surface area (Å²) in [6, 6.07) is 12.9. The van der Waals surface area contributed by atoms with Gasteiger partial charge in [0, 0.05) is 11.1 Å². The number of amides is 1. The Morgan fingerprint density at radius 2 is 1.77 bits per heavy atom. The van der Waals surface area contributed by atoms with Gasteiger partial charge >= 0.3 is 0 Å².